The van der Waals surface area contributed by atoms with Crippen LogP contribution >= 0.6 is 0 Å². The predicted molar refractivity (Wildman–Crippen MR) is 53.9 cm³/mol. The predicted octanol–water partition coefficient (Wildman–Crippen LogP) is -2.44. The minimum Gasteiger partial charge on any atom is -0.328 e. The second kappa shape index (κ2) is 9.75. The monoisotopic (exact) mass is 350 g/mol. The summed E-state index contributed by atoms with van der Waals surface area (Å²) in [7, 11) is -7.12. The van der Waals surface area contributed by atoms with Gasteiger partial charge in [-0.05, 0) is 6.07 Å². The molecular weight excluding hydrogens is 344 g/mol. The highest BCUT2D eigenvalue weighted by Gasteiger charge is 2.22. The van der Waals surface area contributed by atoms with Crippen LogP contribution in [0.2, 0.25) is 0 Å². The van der Waals surface area contributed by atoms with Crippen molar-refractivity contribution in [3.63, 3.8) is 0 Å². The van der Waals surface area contributed by atoms with Crippen molar-refractivity contribution in [2.24, 2.45) is 0 Å². The quantitative estimate of drug-likeness (QED) is 0.288. The summed E-state index contributed by atoms with van der Waals surface area (Å²) in [5, 5.41) is 23.9. The molecule has 0 aliphatic carbocycles. The van der Waals surface area contributed by atoms with Gasteiger partial charge in [0.1, 0.15) is 0 Å². The molecule has 0 unspecified atom stereocenters. The molecule has 120 valence electrons. The molecule has 0 fully saturated rings. The third-order valence-corrected chi connectivity index (χ3v) is 2.24. The number of hydrogen-bond acceptors (Lipinski definition) is 9. The Balaban J connectivity index is 0. The fraction of sp³-hybridized carbons (Fsp3) is 0. The Morgan fingerprint density at radius 1 is 1.10 bits per heavy atom. The number of nitrogens with zero attached hydrogens (tertiary/aromatic N) is 2. The fourth-order valence-electron chi connectivity index (χ4n) is 0.826. The lowest BCUT2D eigenvalue weighted by atomic mass is 10.3. The van der Waals surface area contributed by atoms with Gasteiger partial charge in [-0.2, -0.15) is 8.42 Å². The Morgan fingerprint density at radius 3 is 1.67 bits per heavy atom. The van der Waals surface area contributed by atoms with Crippen molar-refractivity contribution in [2.45, 2.75) is 4.90 Å². The molecule has 1 aromatic carbocycles. The van der Waals surface area contributed by atoms with Gasteiger partial charge in [0, 0.05) is 10.7 Å². The van der Waals surface area contributed by atoms with E-state index in [-0.39, 0.29) is 0 Å². The minimum absolute atomic E-state index is 0.634. The third-order valence-electron chi connectivity index (χ3n) is 1.34. The Bertz CT molecular complexity index is 567. The van der Waals surface area contributed by atoms with Gasteiger partial charge in [-0.1, -0.05) is 12.1 Å². The van der Waals surface area contributed by atoms with Gasteiger partial charge >= 0.3 is 10.1 Å². The highest BCUT2D eigenvalue weighted by Crippen LogP contribution is 2.21. The summed E-state index contributed by atoms with van der Waals surface area (Å²) in [6, 6.07) is 4.57. The summed E-state index contributed by atoms with van der Waals surface area (Å²) in [6.45, 7) is 0. The first-order chi connectivity index (χ1) is 9.39. The van der Waals surface area contributed by atoms with E-state index in [4.69, 9.17) is 33.9 Å². The number of benzene rings is 1. The average Bonchev–Trinajstić information content (AvgIpc) is 2.26. The van der Waals surface area contributed by atoms with Crippen LogP contribution in [0.1, 0.15) is 0 Å². The standard InChI is InChI=1S/C6H5NO5S.ClHO3.HNO3/c8-7(9)5-3-1-2-4-6(5)13(10,11)12;2*2-1(3)4/h1-4H,(H,10,11,12);2H;(H,2,3,4). The second-order valence-electron chi connectivity index (χ2n) is 2.64. The molecule has 0 spiro atoms. The molecule has 0 aliphatic heterocycles. The lowest BCUT2D eigenvalue weighted by molar-refractivity contribution is -1.63. The molecule has 3 N–H and O–H groups in total. The van der Waals surface area contributed by atoms with Crippen LogP contribution in [-0.2, 0) is 10.1 Å². The maximum atomic E-state index is 10.6. The van der Waals surface area contributed by atoms with Gasteiger partial charge in [-0.15, -0.1) is 10.1 Å². The summed E-state index contributed by atoms with van der Waals surface area (Å²) >= 11 is 0. The van der Waals surface area contributed by atoms with E-state index in [9.17, 15) is 18.5 Å². The molecular formula is C6H7ClN2O11S. The van der Waals surface area contributed by atoms with Crippen molar-refractivity contribution in [3.8, 4) is 0 Å². The van der Waals surface area contributed by atoms with Crippen LogP contribution in [0.15, 0.2) is 29.2 Å². The summed E-state index contributed by atoms with van der Waals surface area (Å²) in [4.78, 5) is 17.1. The van der Waals surface area contributed by atoms with E-state index >= 15 is 0 Å². The zero-order valence-corrected chi connectivity index (χ0v) is 11.2. The normalized spacial score (nSPS) is 9.76. The van der Waals surface area contributed by atoms with Gasteiger partial charge < -0.3 is 14.5 Å². The smallest absolute Gasteiger partial charge is 0.301 e. The van der Waals surface area contributed by atoms with Crippen molar-refractivity contribution in [3.05, 3.63) is 44.5 Å². The van der Waals surface area contributed by atoms with Crippen molar-refractivity contribution < 1.29 is 52.9 Å². The molecule has 0 bridgehead atoms. The highest BCUT2D eigenvalue weighted by molar-refractivity contribution is 7.86. The Labute approximate surface area is 119 Å². The van der Waals surface area contributed by atoms with E-state index in [2.05, 4.69) is 0 Å². The summed E-state index contributed by atoms with van der Waals surface area (Å²) in [6.07, 6.45) is 0. The van der Waals surface area contributed by atoms with E-state index in [0.29, 0.717) is 0 Å². The minimum atomic E-state index is -4.52. The van der Waals surface area contributed by atoms with Crippen LogP contribution in [0, 0.1) is 31.0 Å². The molecule has 0 radical (unpaired) electrons. The van der Waals surface area contributed by atoms with Crippen molar-refractivity contribution in [1.29, 1.82) is 0 Å². The first-order valence-electron chi connectivity index (χ1n) is 4.18. The van der Waals surface area contributed by atoms with Gasteiger partial charge in [0.25, 0.3) is 21.6 Å². The fourth-order valence-corrected chi connectivity index (χ4v) is 1.48. The maximum Gasteiger partial charge on any atom is 0.301 e. The molecule has 0 atom stereocenters. The average molecular weight is 351 g/mol. The molecule has 0 aromatic heterocycles. The molecule has 15 heteroatoms. The molecule has 1 rings (SSSR count). The maximum absolute atomic E-state index is 10.6. The summed E-state index contributed by atoms with van der Waals surface area (Å²) < 4.78 is 53.8. The molecule has 0 aliphatic rings. The number of hydrogen-bond donors (Lipinski definition) is 3. The lowest BCUT2D eigenvalue weighted by Gasteiger charge is -1.97. The number of para-hydroxylation sites is 1. The van der Waals surface area contributed by atoms with Crippen molar-refractivity contribution >= 4 is 15.8 Å². The summed E-state index contributed by atoms with van der Waals surface area (Å²) in [5.74, 6) is 0. The van der Waals surface area contributed by atoms with Crippen LogP contribution < -0.4 is 9.32 Å². The van der Waals surface area contributed by atoms with E-state index in [1.165, 1.54) is 12.1 Å². The van der Waals surface area contributed by atoms with Crippen molar-refractivity contribution in [1.82, 2.24) is 0 Å². The number of nitro groups is 1. The van der Waals surface area contributed by atoms with Crippen LogP contribution in [0.4, 0.5) is 5.69 Å². The van der Waals surface area contributed by atoms with E-state index in [1.807, 2.05) is 0 Å². The van der Waals surface area contributed by atoms with Gasteiger partial charge in [-0.25, -0.2) is 0 Å². The first kappa shape index (κ1) is 21.2. The zero-order valence-electron chi connectivity index (χ0n) is 9.60. The molecule has 1 aromatic rings. The van der Waals surface area contributed by atoms with Crippen LogP contribution in [0.25, 0.3) is 0 Å². The molecule has 13 nitrogen and oxygen atoms in total. The number of halogens is 1. The Kier molecular flexibility index (Phi) is 9.84. The molecule has 0 saturated carbocycles. The van der Waals surface area contributed by atoms with Gasteiger partial charge in [0.2, 0.25) is 0 Å². The Morgan fingerprint density at radius 2 is 1.43 bits per heavy atom. The van der Waals surface area contributed by atoms with E-state index in [1.54, 1.807) is 0 Å². The van der Waals surface area contributed by atoms with Gasteiger partial charge in [0.05, 0.1) is 4.92 Å². The SMILES string of the molecule is O=[N+]([O-])O.O=[N+]([O-])c1ccccc1S(=O)(=O)O.[O-][Cl+2]([O-])O. The Hall–Kier alpha value is -2.10. The topological polar surface area (TPSA) is 227 Å². The van der Waals surface area contributed by atoms with E-state index in [0.717, 1.165) is 12.1 Å². The van der Waals surface area contributed by atoms with Crippen LogP contribution in [0.3, 0.4) is 0 Å². The number of rotatable bonds is 2. The zero-order chi connectivity index (χ0) is 17.2. The summed E-state index contributed by atoms with van der Waals surface area (Å²) in [5.41, 5.74) is -0.634. The van der Waals surface area contributed by atoms with Gasteiger partial charge in [0.15, 0.2) is 4.90 Å². The van der Waals surface area contributed by atoms with Crippen LogP contribution in [-0.4, -0.2) is 32.8 Å². The molecule has 0 amide bonds. The highest BCUT2D eigenvalue weighted by atomic mass is 35.6. The molecule has 0 heterocycles. The lowest BCUT2D eigenvalue weighted by Crippen LogP contribution is -2.30. The largest absolute Gasteiger partial charge is 0.328 e. The second-order valence-corrected chi connectivity index (χ2v) is 4.43. The van der Waals surface area contributed by atoms with Crippen molar-refractivity contribution in [2.75, 3.05) is 0 Å². The number of nitro benzene ring substituents is 1. The van der Waals surface area contributed by atoms with Gasteiger partial charge in [-0.3, -0.25) is 14.7 Å². The molecule has 0 saturated heterocycles. The first-order valence-corrected chi connectivity index (χ1v) is 6.57. The van der Waals surface area contributed by atoms with E-state index < -0.39 is 41.5 Å². The molecule has 21 heavy (non-hydrogen) atoms. The third kappa shape index (κ3) is 12.7. The van der Waals surface area contributed by atoms with Crippen LogP contribution in [0.5, 0.6) is 0 Å².